The summed E-state index contributed by atoms with van der Waals surface area (Å²) in [5.41, 5.74) is 9.77. The van der Waals surface area contributed by atoms with Gasteiger partial charge in [-0.3, -0.25) is 4.90 Å². The highest BCUT2D eigenvalue weighted by Crippen LogP contribution is 2.18. The van der Waals surface area contributed by atoms with E-state index in [2.05, 4.69) is 39.5 Å². The highest BCUT2D eigenvalue weighted by molar-refractivity contribution is 7.13. The van der Waals surface area contributed by atoms with Gasteiger partial charge >= 0.3 is 0 Å². The molecule has 2 heterocycles. The first-order chi connectivity index (χ1) is 8.81. The van der Waals surface area contributed by atoms with E-state index in [9.17, 15) is 0 Å². The van der Waals surface area contributed by atoms with Crippen molar-refractivity contribution < 1.29 is 0 Å². The van der Waals surface area contributed by atoms with Crippen LogP contribution in [-0.4, -0.2) is 23.0 Å². The summed E-state index contributed by atoms with van der Waals surface area (Å²) in [5.74, 6) is 0. The highest BCUT2D eigenvalue weighted by atomic mass is 32.1. The number of benzene rings is 1. The zero-order chi connectivity index (χ0) is 12.4. The molecule has 1 aromatic carbocycles. The molecule has 3 nitrogen and oxygen atoms in total. The van der Waals surface area contributed by atoms with Crippen LogP contribution in [0.5, 0.6) is 0 Å². The number of anilines is 1. The second kappa shape index (κ2) is 5.08. The van der Waals surface area contributed by atoms with E-state index >= 15 is 0 Å². The lowest BCUT2D eigenvalue weighted by atomic mass is 10.0. The van der Waals surface area contributed by atoms with Gasteiger partial charge in [0.25, 0.3) is 0 Å². The van der Waals surface area contributed by atoms with Crippen LogP contribution in [0.2, 0.25) is 0 Å². The maximum absolute atomic E-state index is 5.67. The molecule has 0 spiro atoms. The topological polar surface area (TPSA) is 42.1 Å². The van der Waals surface area contributed by atoms with E-state index in [0.717, 1.165) is 38.2 Å². The number of rotatable bonds is 2. The van der Waals surface area contributed by atoms with Gasteiger partial charge in [-0.25, -0.2) is 4.98 Å². The van der Waals surface area contributed by atoms with Gasteiger partial charge in [0.05, 0.1) is 5.69 Å². The Morgan fingerprint density at radius 3 is 2.39 bits per heavy atom. The minimum Gasteiger partial charge on any atom is -0.375 e. The Balaban J connectivity index is 1.68. The van der Waals surface area contributed by atoms with Crippen LogP contribution in [0.1, 0.15) is 16.8 Å². The van der Waals surface area contributed by atoms with Crippen molar-refractivity contribution in [3.05, 3.63) is 46.5 Å². The molecule has 1 aromatic heterocycles. The van der Waals surface area contributed by atoms with Crippen molar-refractivity contribution in [3.8, 4) is 0 Å². The van der Waals surface area contributed by atoms with Crippen LogP contribution in [0.3, 0.4) is 0 Å². The monoisotopic (exact) mass is 259 g/mol. The van der Waals surface area contributed by atoms with E-state index in [0.29, 0.717) is 5.13 Å². The number of hydrogen-bond acceptors (Lipinski definition) is 4. The van der Waals surface area contributed by atoms with Gasteiger partial charge < -0.3 is 5.73 Å². The van der Waals surface area contributed by atoms with E-state index in [1.807, 2.05) is 0 Å². The quantitative estimate of drug-likeness (QED) is 0.900. The van der Waals surface area contributed by atoms with Crippen LogP contribution >= 0.6 is 11.3 Å². The molecule has 3 rings (SSSR count). The van der Waals surface area contributed by atoms with Crippen LogP contribution in [0.4, 0.5) is 5.13 Å². The SMILES string of the molecule is Nc1nc(CN2CCc3ccccc3CC2)cs1. The normalized spacial score (nSPS) is 16.2. The third kappa shape index (κ3) is 2.54. The molecule has 2 aromatic rings. The number of nitrogens with two attached hydrogens (primary N) is 1. The zero-order valence-electron chi connectivity index (χ0n) is 10.3. The molecular formula is C14H17N3S. The van der Waals surface area contributed by atoms with Crippen molar-refractivity contribution in [3.63, 3.8) is 0 Å². The average molecular weight is 259 g/mol. The third-order valence-electron chi connectivity index (χ3n) is 3.47. The first-order valence-corrected chi connectivity index (χ1v) is 7.18. The molecule has 4 heteroatoms. The first-order valence-electron chi connectivity index (χ1n) is 6.30. The molecule has 0 bridgehead atoms. The van der Waals surface area contributed by atoms with Crippen molar-refractivity contribution in [1.29, 1.82) is 0 Å². The summed E-state index contributed by atoms with van der Waals surface area (Å²) in [4.78, 5) is 6.81. The smallest absolute Gasteiger partial charge is 0.180 e. The Hall–Kier alpha value is -1.39. The molecule has 0 aliphatic carbocycles. The van der Waals surface area contributed by atoms with Crippen molar-refractivity contribution in [1.82, 2.24) is 9.88 Å². The summed E-state index contributed by atoms with van der Waals surface area (Å²) in [5, 5.41) is 2.73. The van der Waals surface area contributed by atoms with Crippen molar-refractivity contribution >= 4 is 16.5 Å². The Morgan fingerprint density at radius 2 is 1.83 bits per heavy atom. The Bertz CT molecular complexity index is 508. The Morgan fingerprint density at radius 1 is 1.17 bits per heavy atom. The lowest BCUT2D eigenvalue weighted by Gasteiger charge is -2.18. The molecule has 0 amide bonds. The number of aromatic nitrogens is 1. The fraction of sp³-hybridized carbons (Fsp3) is 0.357. The molecule has 0 fully saturated rings. The lowest BCUT2D eigenvalue weighted by Crippen LogP contribution is -2.26. The minimum atomic E-state index is 0.670. The summed E-state index contributed by atoms with van der Waals surface area (Å²) >= 11 is 1.53. The Labute approximate surface area is 111 Å². The standard InChI is InChI=1S/C14H17N3S/c15-14-16-13(10-18-14)9-17-7-5-11-3-1-2-4-12(11)6-8-17/h1-4,10H,5-9H2,(H2,15,16). The van der Waals surface area contributed by atoms with Crippen LogP contribution in [0, 0.1) is 0 Å². The predicted molar refractivity (Wildman–Crippen MR) is 75.7 cm³/mol. The molecule has 0 saturated heterocycles. The molecule has 2 N–H and O–H groups in total. The number of fused-ring (bicyclic) bond motifs is 1. The number of nitrogen functional groups attached to an aromatic ring is 1. The second-order valence-electron chi connectivity index (χ2n) is 4.72. The van der Waals surface area contributed by atoms with E-state index in [1.165, 1.54) is 22.5 Å². The number of thiazole rings is 1. The highest BCUT2D eigenvalue weighted by Gasteiger charge is 2.14. The predicted octanol–water partition coefficient (Wildman–Crippen LogP) is 2.33. The van der Waals surface area contributed by atoms with Crippen molar-refractivity contribution in [2.75, 3.05) is 18.8 Å². The molecule has 0 saturated carbocycles. The molecule has 1 aliphatic rings. The van der Waals surface area contributed by atoms with Crippen LogP contribution < -0.4 is 5.73 Å². The Kier molecular flexibility index (Phi) is 3.30. The van der Waals surface area contributed by atoms with E-state index in [4.69, 9.17) is 5.73 Å². The molecule has 0 radical (unpaired) electrons. The second-order valence-corrected chi connectivity index (χ2v) is 5.61. The van der Waals surface area contributed by atoms with Gasteiger partial charge in [-0.1, -0.05) is 24.3 Å². The fourth-order valence-electron chi connectivity index (χ4n) is 2.50. The van der Waals surface area contributed by atoms with Gasteiger partial charge in [-0.15, -0.1) is 11.3 Å². The van der Waals surface area contributed by atoms with Gasteiger partial charge in [-0.05, 0) is 24.0 Å². The minimum absolute atomic E-state index is 0.670. The third-order valence-corrected chi connectivity index (χ3v) is 4.19. The zero-order valence-corrected chi connectivity index (χ0v) is 11.1. The first kappa shape index (κ1) is 11.7. The average Bonchev–Trinajstić information content (AvgIpc) is 2.68. The fourth-order valence-corrected chi connectivity index (χ4v) is 3.05. The van der Waals surface area contributed by atoms with Crippen LogP contribution in [-0.2, 0) is 19.4 Å². The van der Waals surface area contributed by atoms with Gasteiger partial charge in [0, 0.05) is 25.0 Å². The van der Waals surface area contributed by atoms with Crippen molar-refractivity contribution in [2.24, 2.45) is 0 Å². The summed E-state index contributed by atoms with van der Waals surface area (Å²) in [6, 6.07) is 8.77. The van der Waals surface area contributed by atoms with Gasteiger partial charge in [0.2, 0.25) is 0 Å². The lowest BCUT2D eigenvalue weighted by molar-refractivity contribution is 0.276. The summed E-state index contributed by atoms with van der Waals surface area (Å²) in [6.45, 7) is 3.13. The van der Waals surface area contributed by atoms with Gasteiger partial charge in [-0.2, -0.15) is 0 Å². The summed E-state index contributed by atoms with van der Waals surface area (Å²) in [6.07, 6.45) is 2.27. The molecule has 1 aliphatic heterocycles. The van der Waals surface area contributed by atoms with Gasteiger partial charge in [0.1, 0.15) is 0 Å². The largest absolute Gasteiger partial charge is 0.375 e. The van der Waals surface area contributed by atoms with Crippen LogP contribution in [0.25, 0.3) is 0 Å². The molecule has 0 unspecified atom stereocenters. The number of hydrogen-bond donors (Lipinski definition) is 1. The van der Waals surface area contributed by atoms with Gasteiger partial charge in [0.15, 0.2) is 5.13 Å². The maximum Gasteiger partial charge on any atom is 0.180 e. The molecule has 94 valence electrons. The molecule has 18 heavy (non-hydrogen) atoms. The maximum atomic E-state index is 5.67. The van der Waals surface area contributed by atoms with E-state index in [-0.39, 0.29) is 0 Å². The van der Waals surface area contributed by atoms with Crippen molar-refractivity contribution in [2.45, 2.75) is 19.4 Å². The van der Waals surface area contributed by atoms with E-state index < -0.39 is 0 Å². The molecular weight excluding hydrogens is 242 g/mol. The summed E-state index contributed by atoms with van der Waals surface area (Å²) in [7, 11) is 0. The molecule has 0 atom stereocenters. The number of nitrogens with zero attached hydrogens (tertiary/aromatic N) is 2. The van der Waals surface area contributed by atoms with Crippen LogP contribution in [0.15, 0.2) is 29.6 Å². The summed E-state index contributed by atoms with van der Waals surface area (Å²) < 4.78 is 0. The van der Waals surface area contributed by atoms with E-state index in [1.54, 1.807) is 0 Å².